The molecule has 112 valence electrons. The van der Waals surface area contributed by atoms with Gasteiger partial charge in [-0.1, -0.05) is 13.3 Å². The zero-order valence-electron chi connectivity index (χ0n) is 12.8. The first kappa shape index (κ1) is 15.2. The van der Waals surface area contributed by atoms with Crippen LogP contribution in [0.1, 0.15) is 25.3 Å². The van der Waals surface area contributed by atoms with E-state index in [1.54, 1.807) is 6.20 Å². The number of pyridine rings is 1. The Kier molecular flexibility index (Phi) is 5.94. The largest absolute Gasteiger partial charge is 0.370 e. The van der Waals surface area contributed by atoms with Crippen LogP contribution in [-0.2, 0) is 6.42 Å². The highest BCUT2D eigenvalue weighted by Gasteiger charge is 2.05. The highest BCUT2D eigenvalue weighted by atomic mass is 15.2. The smallest absolute Gasteiger partial charge is 0.226 e. The summed E-state index contributed by atoms with van der Waals surface area (Å²) in [5.41, 5.74) is 1.27. The average Bonchev–Trinajstić information content (AvgIpc) is 2.54. The minimum absolute atomic E-state index is 0.755. The SMILES string of the molecule is CCCCNc1ccnc(N(C)CCc2ccncc2)n1. The molecule has 0 bridgehead atoms. The van der Waals surface area contributed by atoms with Gasteiger partial charge in [0.2, 0.25) is 5.95 Å². The maximum Gasteiger partial charge on any atom is 0.226 e. The van der Waals surface area contributed by atoms with Gasteiger partial charge in [0.15, 0.2) is 0 Å². The van der Waals surface area contributed by atoms with Gasteiger partial charge in [-0.3, -0.25) is 4.98 Å². The Balaban J connectivity index is 1.89. The Bertz CT molecular complexity index is 529. The van der Waals surface area contributed by atoms with Crippen LogP contribution in [0.2, 0.25) is 0 Å². The van der Waals surface area contributed by atoms with Gasteiger partial charge in [-0.2, -0.15) is 4.98 Å². The molecule has 0 spiro atoms. The minimum Gasteiger partial charge on any atom is -0.370 e. The molecule has 0 saturated heterocycles. The van der Waals surface area contributed by atoms with E-state index in [4.69, 9.17) is 0 Å². The van der Waals surface area contributed by atoms with Gasteiger partial charge >= 0.3 is 0 Å². The van der Waals surface area contributed by atoms with Crippen molar-refractivity contribution in [2.24, 2.45) is 0 Å². The van der Waals surface area contributed by atoms with Crippen LogP contribution in [0.25, 0.3) is 0 Å². The summed E-state index contributed by atoms with van der Waals surface area (Å²) < 4.78 is 0. The third-order valence-electron chi connectivity index (χ3n) is 3.31. The van der Waals surface area contributed by atoms with Gasteiger partial charge in [-0.25, -0.2) is 4.98 Å². The minimum atomic E-state index is 0.755. The fraction of sp³-hybridized carbons (Fsp3) is 0.438. The molecule has 0 fully saturated rings. The first-order chi connectivity index (χ1) is 10.3. The molecule has 0 saturated carbocycles. The van der Waals surface area contributed by atoms with Crippen LogP contribution < -0.4 is 10.2 Å². The van der Waals surface area contributed by atoms with Crippen molar-refractivity contribution >= 4 is 11.8 Å². The molecular weight excluding hydrogens is 262 g/mol. The van der Waals surface area contributed by atoms with Crippen LogP contribution in [0.5, 0.6) is 0 Å². The van der Waals surface area contributed by atoms with E-state index >= 15 is 0 Å². The summed E-state index contributed by atoms with van der Waals surface area (Å²) in [5, 5.41) is 3.33. The highest BCUT2D eigenvalue weighted by Crippen LogP contribution is 2.10. The second kappa shape index (κ2) is 8.19. The van der Waals surface area contributed by atoms with Crippen LogP contribution in [-0.4, -0.2) is 35.1 Å². The van der Waals surface area contributed by atoms with Gasteiger partial charge in [0, 0.05) is 38.7 Å². The Morgan fingerprint density at radius 1 is 1.14 bits per heavy atom. The Morgan fingerprint density at radius 3 is 2.71 bits per heavy atom. The second-order valence-corrected chi connectivity index (χ2v) is 5.05. The molecule has 0 amide bonds. The fourth-order valence-electron chi connectivity index (χ4n) is 1.97. The van der Waals surface area contributed by atoms with Crippen molar-refractivity contribution in [1.29, 1.82) is 0 Å². The Labute approximate surface area is 126 Å². The van der Waals surface area contributed by atoms with E-state index < -0.39 is 0 Å². The van der Waals surface area contributed by atoms with E-state index in [0.717, 1.165) is 37.7 Å². The van der Waals surface area contributed by atoms with E-state index in [1.807, 2.05) is 37.6 Å². The number of hydrogen-bond acceptors (Lipinski definition) is 5. The summed E-state index contributed by atoms with van der Waals surface area (Å²) in [6.07, 6.45) is 8.73. The highest BCUT2D eigenvalue weighted by molar-refractivity contribution is 5.40. The number of unbranched alkanes of at least 4 members (excludes halogenated alkanes) is 1. The first-order valence-corrected chi connectivity index (χ1v) is 7.46. The molecule has 0 atom stereocenters. The summed E-state index contributed by atoms with van der Waals surface area (Å²) >= 11 is 0. The second-order valence-electron chi connectivity index (χ2n) is 5.05. The standard InChI is InChI=1S/C16H23N5/c1-3-4-9-18-15-7-12-19-16(20-15)21(2)13-8-14-5-10-17-11-6-14/h5-7,10-12H,3-4,8-9,13H2,1-2H3,(H,18,19,20). The molecule has 0 aliphatic rings. The number of anilines is 2. The number of hydrogen-bond donors (Lipinski definition) is 1. The van der Waals surface area contributed by atoms with Crippen molar-refractivity contribution in [2.45, 2.75) is 26.2 Å². The molecule has 0 aromatic carbocycles. The van der Waals surface area contributed by atoms with Crippen molar-refractivity contribution < 1.29 is 0 Å². The number of rotatable bonds is 8. The lowest BCUT2D eigenvalue weighted by molar-refractivity contribution is 0.820. The van der Waals surface area contributed by atoms with Gasteiger partial charge in [-0.05, 0) is 36.6 Å². The molecule has 5 heteroatoms. The summed E-state index contributed by atoms with van der Waals surface area (Å²) in [6, 6.07) is 5.99. The van der Waals surface area contributed by atoms with Gasteiger partial charge in [0.05, 0.1) is 0 Å². The van der Waals surface area contributed by atoms with Crippen LogP contribution in [0.3, 0.4) is 0 Å². The molecule has 0 aliphatic heterocycles. The van der Waals surface area contributed by atoms with Gasteiger partial charge in [0.25, 0.3) is 0 Å². The molecule has 0 aliphatic carbocycles. The van der Waals surface area contributed by atoms with Gasteiger partial charge in [-0.15, -0.1) is 0 Å². The Morgan fingerprint density at radius 2 is 1.95 bits per heavy atom. The van der Waals surface area contributed by atoms with E-state index in [1.165, 1.54) is 12.0 Å². The van der Waals surface area contributed by atoms with Crippen LogP contribution >= 0.6 is 0 Å². The lowest BCUT2D eigenvalue weighted by Crippen LogP contribution is -2.23. The predicted octanol–water partition coefficient (Wildman–Crippen LogP) is 2.76. The average molecular weight is 285 g/mol. The zero-order chi connectivity index (χ0) is 14.9. The van der Waals surface area contributed by atoms with E-state index in [2.05, 4.69) is 32.1 Å². The van der Waals surface area contributed by atoms with Gasteiger partial charge < -0.3 is 10.2 Å². The van der Waals surface area contributed by atoms with Crippen molar-refractivity contribution in [3.05, 3.63) is 42.4 Å². The third kappa shape index (κ3) is 5.02. The van der Waals surface area contributed by atoms with Gasteiger partial charge in [0.1, 0.15) is 5.82 Å². The van der Waals surface area contributed by atoms with Crippen molar-refractivity contribution in [3.8, 4) is 0 Å². The molecule has 2 aromatic heterocycles. The quantitative estimate of drug-likeness (QED) is 0.756. The molecule has 1 N–H and O–H groups in total. The summed E-state index contributed by atoms with van der Waals surface area (Å²) in [6.45, 7) is 4.01. The van der Waals surface area contributed by atoms with Crippen LogP contribution in [0.4, 0.5) is 11.8 Å². The molecule has 2 rings (SSSR count). The fourth-order valence-corrected chi connectivity index (χ4v) is 1.97. The predicted molar refractivity (Wildman–Crippen MR) is 86.6 cm³/mol. The van der Waals surface area contributed by atoms with Crippen molar-refractivity contribution in [3.63, 3.8) is 0 Å². The monoisotopic (exact) mass is 285 g/mol. The summed E-state index contributed by atoms with van der Waals surface area (Å²) in [5.74, 6) is 1.65. The topological polar surface area (TPSA) is 53.9 Å². The van der Waals surface area contributed by atoms with E-state index in [-0.39, 0.29) is 0 Å². The number of nitrogens with zero attached hydrogens (tertiary/aromatic N) is 4. The van der Waals surface area contributed by atoms with Crippen molar-refractivity contribution in [1.82, 2.24) is 15.0 Å². The number of nitrogens with one attached hydrogen (secondary N) is 1. The molecule has 0 radical (unpaired) electrons. The first-order valence-electron chi connectivity index (χ1n) is 7.46. The summed E-state index contributed by atoms with van der Waals surface area (Å²) in [4.78, 5) is 15.0. The maximum absolute atomic E-state index is 4.55. The molecule has 0 unspecified atom stereocenters. The van der Waals surface area contributed by atoms with E-state index in [0.29, 0.717) is 0 Å². The Hall–Kier alpha value is -2.17. The van der Waals surface area contributed by atoms with Crippen LogP contribution in [0.15, 0.2) is 36.8 Å². The molecule has 2 heterocycles. The van der Waals surface area contributed by atoms with Crippen LogP contribution in [0, 0.1) is 0 Å². The molecule has 5 nitrogen and oxygen atoms in total. The zero-order valence-corrected chi connectivity index (χ0v) is 12.8. The number of likely N-dealkylation sites (N-methyl/N-ethyl adjacent to an activating group) is 1. The molecule has 21 heavy (non-hydrogen) atoms. The third-order valence-corrected chi connectivity index (χ3v) is 3.31. The van der Waals surface area contributed by atoms with E-state index in [9.17, 15) is 0 Å². The maximum atomic E-state index is 4.55. The molecular formula is C16H23N5. The summed E-state index contributed by atoms with van der Waals surface area (Å²) in [7, 11) is 2.02. The lowest BCUT2D eigenvalue weighted by Gasteiger charge is -2.17. The molecule has 2 aromatic rings. The van der Waals surface area contributed by atoms with Crippen molar-refractivity contribution in [2.75, 3.05) is 30.4 Å². The normalized spacial score (nSPS) is 10.4. The number of aromatic nitrogens is 3. The lowest BCUT2D eigenvalue weighted by atomic mass is 10.2.